The molecule has 0 aromatic heterocycles. The molecular weight excluding hydrogens is 247 g/mol. The number of aliphatic hydroxyl groups excluding tert-OH is 1. The van der Waals surface area contributed by atoms with Gasteiger partial charge in [0.05, 0.1) is 25.9 Å². The van der Waals surface area contributed by atoms with Crippen LogP contribution in [0.25, 0.3) is 0 Å². The molecular formula is C15H19FO3. The average Bonchev–Trinajstić information content (AvgIpc) is 2.37. The molecule has 0 unspecified atom stereocenters. The van der Waals surface area contributed by atoms with Crippen LogP contribution in [-0.2, 0) is 16.1 Å². The molecule has 19 heavy (non-hydrogen) atoms. The number of benzene rings is 1. The molecule has 0 aliphatic carbocycles. The highest BCUT2D eigenvalue weighted by Gasteiger charge is 2.03. The molecule has 0 heterocycles. The molecule has 0 saturated carbocycles. The van der Waals surface area contributed by atoms with Crippen LogP contribution in [0.15, 0.2) is 18.2 Å². The van der Waals surface area contributed by atoms with E-state index in [9.17, 15) is 4.39 Å². The Balaban J connectivity index is 2.42. The Morgan fingerprint density at radius 3 is 2.74 bits per heavy atom. The molecule has 104 valence electrons. The second-order valence-corrected chi connectivity index (χ2v) is 4.24. The van der Waals surface area contributed by atoms with E-state index < -0.39 is 0 Å². The van der Waals surface area contributed by atoms with Gasteiger partial charge in [-0.2, -0.15) is 0 Å². The molecule has 0 fully saturated rings. The van der Waals surface area contributed by atoms with Crippen molar-refractivity contribution in [2.75, 3.05) is 19.8 Å². The molecule has 1 aromatic carbocycles. The van der Waals surface area contributed by atoms with Gasteiger partial charge in [0.2, 0.25) is 0 Å². The van der Waals surface area contributed by atoms with Crippen LogP contribution in [0.3, 0.4) is 0 Å². The van der Waals surface area contributed by atoms with E-state index in [0.29, 0.717) is 24.3 Å². The standard InChI is InChI=1S/C15H19FO3/c1-12(2)19-9-8-18-11-14-6-5-13(4-3-7-17)10-15(14)16/h5-6,10,12,17H,7-9,11H2,1-2H3. The van der Waals surface area contributed by atoms with Gasteiger partial charge < -0.3 is 14.6 Å². The normalized spacial score (nSPS) is 10.4. The Morgan fingerprint density at radius 1 is 1.32 bits per heavy atom. The van der Waals surface area contributed by atoms with Gasteiger partial charge >= 0.3 is 0 Å². The molecule has 3 nitrogen and oxygen atoms in total. The predicted octanol–water partition coefficient (Wildman–Crippen LogP) is 2.11. The number of halogens is 1. The first-order chi connectivity index (χ1) is 9.13. The number of rotatable bonds is 6. The van der Waals surface area contributed by atoms with Gasteiger partial charge in [0.25, 0.3) is 0 Å². The number of hydrogen-bond acceptors (Lipinski definition) is 3. The first-order valence-electron chi connectivity index (χ1n) is 6.21. The molecule has 4 heteroatoms. The fraction of sp³-hybridized carbons (Fsp3) is 0.467. The summed E-state index contributed by atoms with van der Waals surface area (Å²) in [6.45, 7) is 4.81. The molecule has 0 amide bonds. The lowest BCUT2D eigenvalue weighted by Crippen LogP contribution is -2.09. The largest absolute Gasteiger partial charge is 0.384 e. The third kappa shape index (κ3) is 6.35. The molecule has 0 spiro atoms. The van der Waals surface area contributed by atoms with Gasteiger partial charge in [-0.25, -0.2) is 4.39 Å². The molecule has 0 radical (unpaired) electrons. The summed E-state index contributed by atoms with van der Waals surface area (Å²) in [5, 5.41) is 8.56. The van der Waals surface area contributed by atoms with Crippen LogP contribution in [0.2, 0.25) is 0 Å². The minimum absolute atomic E-state index is 0.171. The Morgan fingerprint density at radius 2 is 2.11 bits per heavy atom. The topological polar surface area (TPSA) is 38.7 Å². The van der Waals surface area contributed by atoms with E-state index in [-0.39, 0.29) is 25.1 Å². The summed E-state index contributed by atoms with van der Waals surface area (Å²) in [7, 11) is 0. The second kappa shape index (κ2) is 8.65. The first-order valence-corrected chi connectivity index (χ1v) is 6.21. The zero-order chi connectivity index (χ0) is 14.1. The van der Waals surface area contributed by atoms with Crippen LogP contribution in [-0.4, -0.2) is 31.0 Å². The van der Waals surface area contributed by atoms with Gasteiger partial charge in [-0.1, -0.05) is 17.9 Å². The van der Waals surface area contributed by atoms with E-state index in [2.05, 4.69) is 11.8 Å². The smallest absolute Gasteiger partial charge is 0.129 e. The second-order valence-electron chi connectivity index (χ2n) is 4.24. The zero-order valence-corrected chi connectivity index (χ0v) is 11.3. The van der Waals surface area contributed by atoms with Gasteiger partial charge in [0.1, 0.15) is 12.4 Å². The van der Waals surface area contributed by atoms with Crippen LogP contribution in [0.1, 0.15) is 25.0 Å². The van der Waals surface area contributed by atoms with Crippen molar-refractivity contribution >= 4 is 0 Å². The monoisotopic (exact) mass is 266 g/mol. The predicted molar refractivity (Wildman–Crippen MR) is 71.1 cm³/mol. The summed E-state index contributed by atoms with van der Waals surface area (Å²) in [4.78, 5) is 0. The maximum absolute atomic E-state index is 13.7. The van der Waals surface area contributed by atoms with Crippen molar-refractivity contribution in [2.24, 2.45) is 0 Å². The number of ether oxygens (including phenoxy) is 2. The van der Waals surface area contributed by atoms with E-state index in [1.165, 1.54) is 6.07 Å². The van der Waals surface area contributed by atoms with E-state index in [4.69, 9.17) is 14.6 Å². The van der Waals surface area contributed by atoms with Crippen LogP contribution in [0.4, 0.5) is 4.39 Å². The molecule has 0 bridgehead atoms. The number of hydrogen-bond donors (Lipinski definition) is 1. The summed E-state index contributed by atoms with van der Waals surface area (Å²) in [6.07, 6.45) is 0.171. The van der Waals surface area contributed by atoms with Crippen LogP contribution in [0, 0.1) is 17.7 Å². The Bertz CT molecular complexity index is 446. The fourth-order valence-corrected chi connectivity index (χ4v) is 1.41. The van der Waals surface area contributed by atoms with Gasteiger partial charge in [0, 0.05) is 11.1 Å². The molecule has 0 aliphatic rings. The lowest BCUT2D eigenvalue weighted by Gasteiger charge is -2.08. The molecule has 1 aromatic rings. The average molecular weight is 266 g/mol. The van der Waals surface area contributed by atoms with E-state index in [0.717, 1.165) is 0 Å². The SMILES string of the molecule is CC(C)OCCOCc1ccc(C#CCO)cc1F. The van der Waals surface area contributed by atoms with Crippen molar-refractivity contribution in [1.82, 2.24) is 0 Å². The Labute approximate surface area is 113 Å². The summed E-state index contributed by atoms with van der Waals surface area (Å²) in [5.74, 6) is 4.77. The van der Waals surface area contributed by atoms with Crippen LogP contribution < -0.4 is 0 Å². The highest BCUT2D eigenvalue weighted by molar-refractivity contribution is 5.36. The van der Waals surface area contributed by atoms with Crippen molar-refractivity contribution in [3.05, 3.63) is 35.1 Å². The lowest BCUT2D eigenvalue weighted by atomic mass is 10.1. The minimum atomic E-state index is -0.352. The van der Waals surface area contributed by atoms with Crippen molar-refractivity contribution in [3.8, 4) is 11.8 Å². The summed E-state index contributed by atoms with van der Waals surface area (Å²) >= 11 is 0. The minimum Gasteiger partial charge on any atom is -0.384 e. The Kier molecular flexibility index (Phi) is 7.12. The molecule has 0 saturated heterocycles. The summed E-state index contributed by atoms with van der Waals surface area (Å²) < 4.78 is 24.3. The molecule has 1 N–H and O–H groups in total. The highest BCUT2D eigenvalue weighted by Crippen LogP contribution is 2.11. The van der Waals surface area contributed by atoms with Gasteiger partial charge in [-0.05, 0) is 26.0 Å². The molecule has 1 rings (SSSR count). The third-order valence-corrected chi connectivity index (χ3v) is 2.30. The van der Waals surface area contributed by atoms with E-state index in [1.807, 2.05) is 13.8 Å². The zero-order valence-electron chi connectivity index (χ0n) is 11.3. The van der Waals surface area contributed by atoms with Crippen molar-refractivity contribution in [3.63, 3.8) is 0 Å². The third-order valence-electron chi connectivity index (χ3n) is 2.30. The van der Waals surface area contributed by atoms with Crippen molar-refractivity contribution in [1.29, 1.82) is 0 Å². The molecule has 0 atom stereocenters. The van der Waals surface area contributed by atoms with Crippen LogP contribution in [0.5, 0.6) is 0 Å². The Hall–Kier alpha value is -1.41. The summed E-state index contributed by atoms with van der Waals surface area (Å²) in [5.41, 5.74) is 1.03. The van der Waals surface area contributed by atoms with Crippen molar-refractivity contribution in [2.45, 2.75) is 26.6 Å². The molecule has 0 aliphatic heterocycles. The first kappa shape index (κ1) is 15.6. The lowest BCUT2D eigenvalue weighted by molar-refractivity contribution is 0.0137. The maximum atomic E-state index is 13.7. The van der Waals surface area contributed by atoms with E-state index >= 15 is 0 Å². The fourth-order valence-electron chi connectivity index (χ4n) is 1.41. The highest BCUT2D eigenvalue weighted by atomic mass is 19.1. The van der Waals surface area contributed by atoms with Crippen molar-refractivity contribution < 1.29 is 19.0 Å². The van der Waals surface area contributed by atoms with Crippen LogP contribution >= 0.6 is 0 Å². The van der Waals surface area contributed by atoms with Gasteiger partial charge in [-0.15, -0.1) is 0 Å². The summed E-state index contributed by atoms with van der Waals surface area (Å²) in [6, 6.07) is 4.68. The van der Waals surface area contributed by atoms with Gasteiger partial charge in [0.15, 0.2) is 0 Å². The number of aliphatic hydroxyl groups is 1. The quantitative estimate of drug-likeness (QED) is 0.633. The maximum Gasteiger partial charge on any atom is 0.129 e. The van der Waals surface area contributed by atoms with E-state index in [1.54, 1.807) is 12.1 Å². The van der Waals surface area contributed by atoms with Gasteiger partial charge in [-0.3, -0.25) is 0 Å².